The SMILES string of the molecule is C=CCNC(=O)C(=O)C(CCC)NC(=O)[C@@H]1[C@H]2[C@@H](CN1C(=O)[C@@H](NC(=O)OCC(C)C)C1Cc3ccccc3C1)C2(C)C. The van der Waals surface area contributed by atoms with Gasteiger partial charge in [0.1, 0.15) is 12.1 Å². The van der Waals surface area contributed by atoms with Gasteiger partial charge in [0.15, 0.2) is 0 Å². The van der Waals surface area contributed by atoms with Crippen molar-refractivity contribution >= 4 is 29.6 Å². The Labute approximate surface area is 254 Å². The van der Waals surface area contributed by atoms with Gasteiger partial charge in [-0.05, 0) is 59.5 Å². The Kier molecular flexibility index (Phi) is 9.97. The lowest BCUT2D eigenvalue weighted by molar-refractivity contribution is -0.144. The monoisotopic (exact) mass is 594 g/mol. The average Bonchev–Trinajstić information content (AvgIpc) is 3.34. The van der Waals surface area contributed by atoms with Gasteiger partial charge in [0.25, 0.3) is 5.91 Å². The lowest BCUT2D eigenvalue weighted by atomic mass is 9.93. The van der Waals surface area contributed by atoms with Crippen LogP contribution in [0.3, 0.4) is 0 Å². The number of carbonyl (C=O) groups excluding carboxylic acids is 5. The molecule has 0 radical (unpaired) electrons. The van der Waals surface area contributed by atoms with Gasteiger partial charge in [-0.2, -0.15) is 0 Å². The molecule has 1 aromatic rings. The first kappa shape index (κ1) is 32.2. The number of alkyl carbamates (subject to hydrolysis) is 1. The molecule has 5 atom stereocenters. The number of nitrogens with zero attached hydrogens (tertiary/aromatic N) is 1. The van der Waals surface area contributed by atoms with E-state index in [4.69, 9.17) is 4.74 Å². The minimum Gasteiger partial charge on any atom is -0.449 e. The standard InChI is InChI=1S/C33H46N4O6/c1-7-11-24(28(38)30(40)34-14-8-2)35-29(39)27-25-23(33(25,5)6)17-37(27)31(41)26(36-32(42)43-18-19(3)4)22-15-20-12-9-10-13-21(20)16-22/h8-10,12-13,19,22-27H,2,7,11,14-18H2,1,3-6H3,(H,34,40)(H,35,39)(H,36,42)/t23-,24?,25-,26+,27+/m1/s1. The topological polar surface area (TPSA) is 134 Å². The number of benzene rings is 1. The highest BCUT2D eigenvalue weighted by Gasteiger charge is 2.69. The summed E-state index contributed by atoms with van der Waals surface area (Å²) in [6.45, 7) is 14.2. The molecular formula is C33H46N4O6. The molecular weight excluding hydrogens is 548 g/mol. The van der Waals surface area contributed by atoms with Gasteiger partial charge in [0.2, 0.25) is 17.6 Å². The van der Waals surface area contributed by atoms with Gasteiger partial charge in [-0.1, -0.05) is 71.4 Å². The number of rotatable bonds is 13. The van der Waals surface area contributed by atoms with Crippen molar-refractivity contribution in [3.05, 3.63) is 48.0 Å². The Balaban J connectivity index is 1.57. The summed E-state index contributed by atoms with van der Waals surface area (Å²) in [5, 5.41) is 8.15. The van der Waals surface area contributed by atoms with Gasteiger partial charge < -0.3 is 25.6 Å². The molecule has 43 heavy (non-hydrogen) atoms. The number of ketones is 1. The predicted molar refractivity (Wildman–Crippen MR) is 162 cm³/mol. The highest BCUT2D eigenvalue weighted by molar-refractivity contribution is 6.38. The van der Waals surface area contributed by atoms with Crippen molar-refractivity contribution in [3.8, 4) is 0 Å². The van der Waals surface area contributed by atoms with Crippen LogP contribution < -0.4 is 16.0 Å². The quantitative estimate of drug-likeness (QED) is 0.238. The lowest BCUT2D eigenvalue weighted by Gasteiger charge is -2.35. The van der Waals surface area contributed by atoms with E-state index in [-0.39, 0.29) is 54.6 Å². The van der Waals surface area contributed by atoms with E-state index in [0.717, 1.165) is 11.1 Å². The Hall–Kier alpha value is -3.69. The zero-order chi connectivity index (χ0) is 31.5. The van der Waals surface area contributed by atoms with Crippen LogP contribution in [-0.2, 0) is 36.8 Å². The summed E-state index contributed by atoms with van der Waals surface area (Å²) in [4.78, 5) is 68.1. The third-order valence-electron chi connectivity index (χ3n) is 9.24. The van der Waals surface area contributed by atoms with E-state index in [9.17, 15) is 24.0 Å². The molecule has 10 heteroatoms. The van der Waals surface area contributed by atoms with E-state index < -0.39 is 41.8 Å². The van der Waals surface area contributed by atoms with E-state index >= 15 is 0 Å². The number of carbonyl (C=O) groups is 5. The van der Waals surface area contributed by atoms with E-state index in [1.165, 1.54) is 6.08 Å². The molecule has 0 aromatic heterocycles. The highest BCUT2D eigenvalue weighted by Crippen LogP contribution is 2.65. The zero-order valence-corrected chi connectivity index (χ0v) is 26.0. The lowest BCUT2D eigenvalue weighted by Crippen LogP contribution is -2.59. The number of hydrogen-bond acceptors (Lipinski definition) is 6. The van der Waals surface area contributed by atoms with Crippen LogP contribution in [0.1, 0.15) is 58.6 Å². The van der Waals surface area contributed by atoms with Crippen LogP contribution in [0.4, 0.5) is 4.79 Å². The van der Waals surface area contributed by atoms with Gasteiger partial charge >= 0.3 is 6.09 Å². The van der Waals surface area contributed by atoms with Crippen LogP contribution in [0.15, 0.2) is 36.9 Å². The molecule has 1 saturated heterocycles. The number of piperidine rings is 1. The number of hydrogen-bond donors (Lipinski definition) is 3. The zero-order valence-electron chi connectivity index (χ0n) is 26.0. The van der Waals surface area contributed by atoms with Crippen LogP contribution >= 0.6 is 0 Å². The summed E-state index contributed by atoms with van der Waals surface area (Å²) in [6, 6.07) is 5.28. The van der Waals surface area contributed by atoms with Crippen molar-refractivity contribution in [2.45, 2.75) is 78.4 Å². The van der Waals surface area contributed by atoms with Crippen molar-refractivity contribution < 1.29 is 28.7 Å². The predicted octanol–water partition coefficient (Wildman–Crippen LogP) is 2.79. The summed E-state index contributed by atoms with van der Waals surface area (Å²) in [5.74, 6) is -2.35. The second kappa shape index (κ2) is 13.3. The Morgan fingerprint density at radius 1 is 1.09 bits per heavy atom. The summed E-state index contributed by atoms with van der Waals surface area (Å²) < 4.78 is 5.40. The van der Waals surface area contributed by atoms with Crippen molar-refractivity contribution in [2.75, 3.05) is 19.7 Å². The molecule has 1 aliphatic heterocycles. The van der Waals surface area contributed by atoms with Crippen molar-refractivity contribution in [1.29, 1.82) is 0 Å². The molecule has 10 nitrogen and oxygen atoms in total. The van der Waals surface area contributed by atoms with Crippen LogP contribution in [0, 0.1) is 29.1 Å². The normalized spacial score (nSPS) is 23.0. The minimum atomic E-state index is -1.01. The number of amides is 4. The van der Waals surface area contributed by atoms with Gasteiger partial charge in [-0.3, -0.25) is 19.2 Å². The van der Waals surface area contributed by atoms with Crippen LogP contribution in [0.2, 0.25) is 0 Å². The third kappa shape index (κ3) is 6.94. The van der Waals surface area contributed by atoms with Crippen LogP contribution in [-0.4, -0.2) is 72.3 Å². The molecule has 0 spiro atoms. The number of ether oxygens (including phenoxy) is 1. The first-order valence-electron chi connectivity index (χ1n) is 15.4. The largest absolute Gasteiger partial charge is 0.449 e. The van der Waals surface area contributed by atoms with E-state index in [2.05, 4.69) is 36.4 Å². The molecule has 4 amide bonds. The van der Waals surface area contributed by atoms with E-state index in [1.807, 2.05) is 45.0 Å². The van der Waals surface area contributed by atoms with Crippen LogP contribution in [0.25, 0.3) is 0 Å². The van der Waals surface area contributed by atoms with Gasteiger partial charge in [-0.15, -0.1) is 6.58 Å². The maximum atomic E-state index is 14.4. The molecule has 2 fully saturated rings. The Bertz CT molecular complexity index is 1230. The molecule has 3 N–H and O–H groups in total. The van der Waals surface area contributed by atoms with Gasteiger partial charge in [0, 0.05) is 13.1 Å². The smallest absolute Gasteiger partial charge is 0.407 e. The fourth-order valence-electron chi connectivity index (χ4n) is 6.84. The van der Waals surface area contributed by atoms with Gasteiger partial charge in [-0.25, -0.2) is 4.79 Å². The second-order valence-corrected chi connectivity index (χ2v) is 13.2. The molecule has 234 valence electrons. The maximum absolute atomic E-state index is 14.4. The summed E-state index contributed by atoms with van der Waals surface area (Å²) in [7, 11) is 0. The van der Waals surface area contributed by atoms with Crippen LogP contribution in [0.5, 0.6) is 0 Å². The average molecular weight is 595 g/mol. The van der Waals surface area contributed by atoms with Crippen molar-refractivity contribution in [1.82, 2.24) is 20.9 Å². The van der Waals surface area contributed by atoms with Gasteiger partial charge in [0.05, 0.1) is 12.6 Å². The maximum Gasteiger partial charge on any atom is 0.407 e. The molecule has 1 saturated carbocycles. The molecule has 4 rings (SSSR count). The number of nitrogens with one attached hydrogen (secondary N) is 3. The van der Waals surface area contributed by atoms with Crippen molar-refractivity contribution in [3.63, 3.8) is 0 Å². The molecule has 1 aromatic carbocycles. The Morgan fingerprint density at radius 3 is 2.33 bits per heavy atom. The van der Waals surface area contributed by atoms with E-state index in [1.54, 1.807) is 4.90 Å². The van der Waals surface area contributed by atoms with Crippen molar-refractivity contribution in [2.24, 2.45) is 29.1 Å². The molecule has 0 bridgehead atoms. The first-order valence-corrected chi connectivity index (χ1v) is 15.4. The fourth-order valence-corrected chi connectivity index (χ4v) is 6.84. The summed E-state index contributed by atoms with van der Waals surface area (Å²) in [5.41, 5.74) is 2.11. The number of likely N-dealkylation sites (tertiary alicyclic amines) is 1. The number of fused-ring (bicyclic) bond motifs is 2. The second-order valence-electron chi connectivity index (χ2n) is 13.2. The Morgan fingerprint density at radius 2 is 1.74 bits per heavy atom. The summed E-state index contributed by atoms with van der Waals surface area (Å²) in [6.07, 6.45) is 2.91. The number of Topliss-reactive ketones (excluding diaryl/α,β-unsaturated/α-hetero) is 1. The summed E-state index contributed by atoms with van der Waals surface area (Å²) >= 11 is 0. The molecule has 1 unspecified atom stereocenters. The highest BCUT2D eigenvalue weighted by atomic mass is 16.5. The van der Waals surface area contributed by atoms with E-state index in [0.29, 0.717) is 25.8 Å². The fraction of sp³-hybridized carbons (Fsp3) is 0.606. The molecule has 2 aliphatic carbocycles. The minimum absolute atomic E-state index is 0.0993. The molecule has 1 heterocycles. The molecule has 3 aliphatic rings. The third-order valence-corrected chi connectivity index (χ3v) is 9.24. The first-order chi connectivity index (χ1) is 20.4.